The maximum absolute atomic E-state index is 5.54. The molecule has 2 aliphatic carbocycles. The molecule has 8 aromatic rings. The molecule has 0 radical (unpaired) electrons. The molecule has 0 amide bonds. The van der Waals surface area contributed by atoms with Gasteiger partial charge < -0.3 is 9.47 Å². The van der Waals surface area contributed by atoms with E-state index in [2.05, 4.69) is 86.0 Å². The zero-order chi connectivity index (χ0) is 47.2. The van der Waals surface area contributed by atoms with Crippen LogP contribution in [0.5, 0.6) is 0 Å². The van der Waals surface area contributed by atoms with Crippen molar-refractivity contribution in [2.45, 2.75) is 75.5 Å². The number of hydrogen-bond acceptors (Lipinski definition) is 12. The first-order valence-corrected chi connectivity index (χ1v) is 25.0. The molecule has 0 N–H and O–H groups in total. The topological polar surface area (TPSA) is 148 Å². The molecule has 8 heterocycles. The largest absolute Gasteiger partial charge is 0.379 e. The van der Waals surface area contributed by atoms with Crippen molar-refractivity contribution in [2.75, 3.05) is 52.6 Å². The second kappa shape index (κ2) is 21.1. The molecular weight excluding hydrogens is 877 g/mol. The maximum Gasteiger partial charge on any atom is 0.159 e. The Hall–Kier alpha value is -6.72. The number of rotatable bonds is 10. The summed E-state index contributed by atoms with van der Waals surface area (Å²) in [6.07, 6.45) is 33.3. The highest BCUT2D eigenvalue weighted by Gasteiger charge is 2.31. The Morgan fingerprint density at radius 3 is 1.17 bits per heavy atom. The van der Waals surface area contributed by atoms with Crippen LogP contribution in [0.4, 0.5) is 0 Å². The zero-order valence-electron chi connectivity index (χ0n) is 40.2. The summed E-state index contributed by atoms with van der Waals surface area (Å²) in [5.74, 6) is 1.43. The van der Waals surface area contributed by atoms with Gasteiger partial charge in [0.2, 0.25) is 0 Å². The van der Waals surface area contributed by atoms with E-state index in [-0.39, 0.29) is 0 Å². The van der Waals surface area contributed by atoms with Gasteiger partial charge in [0.1, 0.15) is 0 Å². The first-order valence-electron chi connectivity index (χ1n) is 25.0. The normalized spacial score (nSPS) is 21.3. The summed E-state index contributed by atoms with van der Waals surface area (Å²) in [6, 6.07) is 18.7. The summed E-state index contributed by atoms with van der Waals surface area (Å²) in [7, 11) is 3.85. The first kappa shape index (κ1) is 45.7. The van der Waals surface area contributed by atoms with E-state index >= 15 is 0 Å². The van der Waals surface area contributed by atoms with Crippen LogP contribution < -0.4 is 0 Å². The van der Waals surface area contributed by atoms with E-state index in [0.29, 0.717) is 35.8 Å². The molecule has 2 aromatic carbocycles. The lowest BCUT2D eigenvalue weighted by Gasteiger charge is -2.39. The molecule has 0 bridgehead atoms. The molecule has 2 aliphatic heterocycles. The Balaban J connectivity index is 0.000000152. The van der Waals surface area contributed by atoms with E-state index in [1.807, 2.05) is 110 Å². The van der Waals surface area contributed by atoms with E-state index in [1.54, 1.807) is 0 Å². The molecule has 70 heavy (non-hydrogen) atoms. The number of nitrogens with zero attached hydrogens (tertiary/aromatic N) is 14. The minimum absolute atomic E-state index is 0.445. The van der Waals surface area contributed by atoms with Gasteiger partial charge in [0, 0.05) is 146 Å². The number of hydrogen-bond donors (Lipinski definition) is 0. The number of benzene rings is 2. The van der Waals surface area contributed by atoms with E-state index in [1.165, 1.54) is 38.5 Å². The van der Waals surface area contributed by atoms with Gasteiger partial charge in [-0.05, 0) is 74.6 Å². The van der Waals surface area contributed by atoms with Gasteiger partial charge in [-0.3, -0.25) is 28.5 Å². The van der Waals surface area contributed by atoms with Gasteiger partial charge in [-0.25, -0.2) is 19.9 Å². The van der Waals surface area contributed by atoms with Gasteiger partial charge in [0.25, 0.3) is 0 Å². The molecule has 2 saturated heterocycles. The van der Waals surface area contributed by atoms with Crippen LogP contribution in [0.3, 0.4) is 0 Å². The average Bonchev–Trinajstić information content (AvgIpc) is 4.29. The molecular formula is C54H62N14O2. The Bertz CT molecular complexity index is 2740. The van der Waals surface area contributed by atoms with Crippen molar-refractivity contribution >= 4 is 0 Å². The lowest BCUT2D eigenvalue weighted by atomic mass is 9.90. The third-order valence-electron chi connectivity index (χ3n) is 14.6. The molecule has 16 nitrogen and oxygen atoms in total. The number of morpholine rings is 2. The second-order valence-electron chi connectivity index (χ2n) is 19.2. The predicted molar refractivity (Wildman–Crippen MR) is 269 cm³/mol. The van der Waals surface area contributed by atoms with Gasteiger partial charge in [0.15, 0.2) is 11.6 Å². The summed E-state index contributed by atoms with van der Waals surface area (Å²) >= 11 is 0. The minimum atomic E-state index is 0.445. The lowest BCUT2D eigenvalue weighted by Crippen LogP contribution is -2.45. The highest BCUT2D eigenvalue weighted by atomic mass is 16.5. The quantitative estimate of drug-likeness (QED) is 0.130. The Labute approximate surface area is 409 Å². The standard InChI is InChI=1S/2C27H31N7O/c2*1-32-18-23(16-30-32)20-4-2-5-21(12-20)27-28-14-22(15-29-27)24-17-31-34(19-24)26-7-3-6-25(13-26)33-8-10-35-11-9-33/h2*2,4-5,12,14-19,25-26H,3,6-11,13H2,1H3/t25-,26+;25-,26-/m10/s1. The van der Waals surface area contributed by atoms with Crippen LogP contribution in [0, 0.1) is 0 Å². The van der Waals surface area contributed by atoms with Crippen molar-refractivity contribution in [3.63, 3.8) is 0 Å². The van der Waals surface area contributed by atoms with E-state index < -0.39 is 0 Å². The number of aromatic nitrogens is 12. The monoisotopic (exact) mass is 939 g/mol. The molecule has 0 spiro atoms. The summed E-state index contributed by atoms with van der Waals surface area (Å²) in [4.78, 5) is 23.9. The van der Waals surface area contributed by atoms with Crippen LogP contribution in [0.15, 0.2) is 123 Å². The average molecular weight is 939 g/mol. The fourth-order valence-corrected chi connectivity index (χ4v) is 10.7. The van der Waals surface area contributed by atoms with Crippen LogP contribution >= 0.6 is 0 Å². The zero-order valence-corrected chi connectivity index (χ0v) is 40.2. The minimum Gasteiger partial charge on any atom is -0.379 e. The van der Waals surface area contributed by atoms with Crippen molar-refractivity contribution in [1.82, 2.24) is 68.9 Å². The van der Waals surface area contributed by atoms with Crippen LogP contribution in [0.25, 0.3) is 67.3 Å². The van der Waals surface area contributed by atoms with E-state index in [9.17, 15) is 0 Å². The summed E-state index contributed by atoms with van der Waals surface area (Å²) in [5.41, 5.74) is 10.5. The Morgan fingerprint density at radius 2 is 0.771 bits per heavy atom. The van der Waals surface area contributed by atoms with Gasteiger partial charge in [-0.1, -0.05) is 36.4 Å². The molecule has 12 rings (SSSR count). The van der Waals surface area contributed by atoms with Crippen molar-refractivity contribution in [3.05, 3.63) is 123 Å². The molecule has 16 heteroatoms. The Morgan fingerprint density at radius 1 is 0.400 bits per heavy atom. The lowest BCUT2D eigenvalue weighted by molar-refractivity contribution is 0.00312. The van der Waals surface area contributed by atoms with Gasteiger partial charge in [0.05, 0.1) is 63.3 Å². The molecule has 360 valence electrons. The van der Waals surface area contributed by atoms with Crippen molar-refractivity contribution in [3.8, 4) is 67.3 Å². The predicted octanol–water partition coefficient (Wildman–Crippen LogP) is 8.45. The van der Waals surface area contributed by atoms with Gasteiger partial charge in [-0.2, -0.15) is 20.4 Å². The molecule has 4 aliphatic rings. The SMILES string of the molecule is Cn1cc(-c2cccc(-c3ncc(-c4cnn([C@H]5CCC[C@@H](N6CCOCC6)C5)c4)cn3)c2)cn1.Cn1cc(-c2cccc(-c3ncc(-c4cnn([C@H]5CCC[C@H](N6CCOCC6)C5)c4)cn3)c2)cn1. The van der Waals surface area contributed by atoms with Crippen molar-refractivity contribution in [2.24, 2.45) is 14.1 Å². The fourth-order valence-electron chi connectivity index (χ4n) is 10.7. The first-order chi connectivity index (χ1) is 34.5. The van der Waals surface area contributed by atoms with Crippen LogP contribution in [0.2, 0.25) is 0 Å². The summed E-state index contributed by atoms with van der Waals surface area (Å²) in [5, 5.41) is 18.0. The Kier molecular flexibility index (Phi) is 13.8. The van der Waals surface area contributed by atoms with Gasteiger partial charge in [-0.15, -0.1) is 0 Å². The highest BCUT2D eigenvalue weighted by Crippen LogP contribution is 2.35. The maximum atomic E-state index is 5.54. The molecule has 4 fully saturated rings. The van der Waals surface area contributed by atoms with E-state index in [0.717, 1.165) is 121 Å². The molecule has 6 aromatic heterocycles. The molecule has 2 saturated carbocycles. The molecule has 4 atom stereocenters. The van der Waals surface area contributed by atoms with Crippen LogP contribution in [-0.2, 0) is 23.6 Å². The van der Waals surface area contributed by atoms with Crippen molar-refractivity contribution < 1.29 is 9.47 Å². The summed E-state index contributed by atoms with van der Waals surface area (Å²) < 4.78 is 19.0. The fraction of sp³-hybridized carbons (Fsp3) is 0.407. The van der Waals surface area contributed by atoms with E-state index in [4.69, 9.17) is 19.7 Å². The molecule has 0 unspecified atom stereocenters. The third-order valence-corrected chi connectivity index (χ3v) is 14.6. The van der Waals surface area contributed by atoms with Crippen LogP contribution in [-0.4, -0.2) is 134 Å². The smallest absolute Gasteiger partial charge is 0.159 e. The van der Waals surface area contributed by atoms with Crippen molar-refractivity contribution in [1.29, 1.82) is 0 Å². The van der Waals surface area contributed by atoms with Gasteiger partial charge >= 0.3 is 0 Å². The number of aryl methyl sites for hydroxylation is 2. The second-order valence-corrected chi connectivity index (χ2v) is 19.2. The highest BCUT2D eigenvalue weighted by molar-refractivity contribution is 5.71. The number of ether oxygens (including phenoxy) is 2. The van der Waals surface area contributed by atoms with Crippen LogP contribution in [0.1, 0.15) is 63.5 Å². The third kappa shape index (κ3) is 10.6. The summed E-state index contributed by atoms with van der Waals surface area (Å²) in [6.45, 7) is 7.64.